The summed E-state index contributed by atoms with van der Waals surface area (Å²) < 4.78 is 1.69. The van der Waals surface area contributed by atoms with Crippen LogP contribution in [0.15, 0.2) is 29.1 Å². The van der Waals surface area contributed by atoms with Crippen LogP contribution in [-0.4, -0.2) is 48.9 Å². The number of aromatic amines is 1. The zero-order valence-corrected chi connectivity index (χ0v) is 16.5. The van der Waals surface area contributed by atoms with Crippen molar-refractivity contribution >= 4 is 17.1 Å². The van der Waals surface area contributed by atoms with Crippen LogP contribution in [0.2, 0.25) is 0 Å². The van der Waals surface area contributed by atoms with Gasteiger partial charge in [-0.05, 0) is 38.2 Å². The predicted octanol–water partition coefficient (Wildman–Crippen LogP) is 1.99. The van der Waals surface area contributed by atoms with Gasteiger partial charge in [0.2, 0.25) is 5.91 Å². The van der Waals surface area contributed by atoms with E-state index in [2.05, 4.69) is 27.4 Å². The van der Waals surface area contributed by atoms with Gasteiger partial charge in [-0.1, -0.05) is 35.0 Å². The van der Waals surface area contributed by atoms with Gasteiger partial charge in [0, 0.05) is 24.9 Å². The van der Waals surface area contributed by atoms with Gasteiger partial charge in [-0.15, -0.1) is 5.10 Å². The summed E-state index contributed by atoms with van der Waals surface area (Å²) in [5.41, 5.74) is 2.80. The number of likely N-dealkylation sites (tertiary alicyclic amines) is 1. The van der Waals surface area contributed by atoms with E-state index >= 15 is 0 Å². The highest BCUT2D eigenvalue weighted by Gasteiger charge is 2.35. The van der Waals surface area contributed by atoms with Gasteiger partial charge >= 0.3 is 0 Å². The lowest BCUT2D eigenvalue weighted by molar-refractivity contribution is -0.133. The molecular formula is C21H24N6O2. The largest absolute Gasteiger partial charge is 0.342 e. The van der Waals surface area contributed by atoms with E-state index in [9.17, 15) is 9.59 Å². The first kappa shape index (κ1) is 18.0. The number of fused-ring (bicyclic) bond motifs is 1. The van der Waals surface area contributed by atoms with Crippen molar-refractivity contribution in [1.29, 1.82) is 0 Å². The average Bonchev–Trinajstić information content (AvgIpc) is 3.51. The van der Waals surface area contributed by atoms with Crippen molar-refractivity contribution in [2.45, 2.75) is 45.1 Å². The van der Waals surface area contributed by atoms with Crippen LogP contribution in [0.25, 0.3) is 11.2 Å². The van der Waals surface area contributed by atoms with E-state index in [1.165, 1.54) is 5.56 Å². The Kier molecular flexibility index (Phi) is 4.41. The summed E-state index contributed by atoms with van der Waals surface area (Å²) in [6.45, 7) is 4.01. The molecule has 1 saturated carbocycles. The first-order chi connectivity index (χ1) is 14.1. The zero-order valence-electron chi connectivity index (χ0n) is 16.5. The number of hydrogen-bond donors (Lipinski definition) is 1. The van der Waals surface area contributed by atoms with Crippen LogP contribution in [0, 0.1) is 12.8 Å². The molecule has 0 radical (unpaired) electrons. The molecule has 5 rings (SSSR count). The van der Waals surface area contributed by atoms with Crippen molar-refractivity contribution in [2.75, 3.05) is 13.1 Å². The van der Waals surface area contributed by atoms with Crippen molar-refractivity contribution in [3.05, 3.63) is 51.6 Å². The fourth-order valence-corrected chi connectivity index (χ4v) is 4.01. The van der Waals surface area contributed by atoms with Gasteiger partial charge in [0.1, 0.15) is 5.82 Å². The smallest absolute Gasteiger partial charge is 0.281 e. The van der Waals surface area contributed by atoms with E-state index in [-0.39, 0.29) is 22.9 Å². The van der Waals surface area contributed by atoms with Gasteiger partial charge in [-0.25, -0.2) is 9.67 Å². The molecular weight excluding hydrogens is 368 g/mol. The summed E-state index contributed by atoms with van der Waals surface area (Å²) in [5.74, 6) is 1.36. The number of nitrogens with one attached hydrogen (secondary N) is 1. The zero-order chi connectivity index (χ0) is 20.0. The molecule has 3 aromatic rings. The summed E-state index contributed by atoms with van der Waals surface area (Å²) in [4.78, 5) is 34.4. The predicted molar refractivity (Wildman–Crippen MR) is 108 cm³/mol. The van der Waals surface area contributed by atoms with Crippen LogP contribution in [-0.2, 0) is 11.3 Å². The van der Waals surface area contributed by atoms with Gasteiger partial charge in [0.15, 0.2) is 11.2 Å². The lowest BCUT2D eigenvalue weighted by Crippen LogP contribution is -2.39. The number of carbonyl (C=O) groups is 1. The lowest BCUT2D eigenvalue weighted by Gasteiger charge is -2.31. The van der Waals surface area contributed by atoms with Crippen molar-refractivity contribution < 1.29 is 4.79 Å². The summed E-state index contributed by atoms with van der Waals surface area (Å²) in [7, 11) is 0. The highest BCUT2D eigenvalue weighted by molar-refractivity contribution is 5.81. The Bertz CT molecular complexity index is 1100. The number of benzene rings is 1. The number of nitrogens with zero attached hydrogens (tertiary/aromatic N) is 5. The van der Waals surface area contributed by atoms with Gasteiger partial charge in [0.05, 0.1) is 6.54 Å². The molecule has 1 aliphatic carbocycles. The number of carbonyl (C=O) groups excluding carboxylic acids is 1. The molecule has 0 spiro atoms. The monoisotopic (exact) mass is 392 g/mol. The Labute approximate surface area is 167 Å². The molecule has 0 bridgehead atoms. The minimum absolute atomic E-state index is 0.137. The van der Waals surface area contributed by atoms with Gasteiger partial charge < -0.3 is 9.88 Å². The second-order valence-electron chi connectivity index (χ2n) is 8.23. The van der Waals surface area contributed by atoms with Gasteiger partial charge in [0.25, 0.3) is 5.56 Å². The Balaban J connectivity index is 1.38. The average molecular weight is 392 g/mol. The first-order valence-corrected chi connectivity index (χ1v) is 10.3. The van der Waals surface area contributed by atoms with Crippen LogP contribution in [0.3, 0.4) is 0 Å². The number of aryl methyl sites for hydroxylation is 1. The highest BCUT2D eigenvalue weighted by Crippen LogP contribution is 2.33. The van der Waals surface area contributed by atoms with E-state index in [0.717, 1.165) is 44.3 Å². The molecule has 1 amide bonds. The van der Waals surface area contributed by atoms with Crippen LogP contribution in [0.1, 0.15) is 48.6 Å². The second-order valence-corrected chi connectivity index (χ2v) is 8.23. The number of piperidine rings is 1. The maximum Gasteiger partial charge on any atom is 0.281 e. The number of aromatic nitrogens is 5. The highest BCUT2D eigenvalue weighted by atomic mass is 16.2. The quantitative estimate of drug-likeness (QED) is 0.732. The standard InChI is InChI=1S/C21H24N6O2/c1-13-2-4-14(5-3-13)12-27-19-17(24-25-27)20(28)23-18(22-19)15-8-10-26(11-9-15)21(29)16-6-7-16/h2-5,15-16H,6-12H2,1H3,(H,22,23,28). The normalized spacial score (nSPS) is 17.8. The van der Waals surface area contributed by atoms with Crippen LogP contribution < -0.4 is 5.56 Å². The van der Waals surface area contributed by atoms with E-state index in [4.69, 9.17) is 4.98 Å². The Hall–Kier alpha value is -3.03. The number of rotatable bonds is 4. The van der Waals surface area contributed by atoms with Crippen molar-refractivity contribution in [2.24, 2.45) is 5.92 Å². The van der Waals surface area contributed by atoms with Crippen LogP contribution in [0.5, 0.6) is 0 Å². The first-order valence-electron chi connectivity index (χ1n) is 10.3. The Morgan fingerprint density at radius 2 is 1.86 bits per heavy atom. The van der Waals surface area contributed by atoms with Crippen molar-refractivity contribution in [1.82, 2.24) is 29.9 Å². The van der Waals surface area contributed by atoms with E-state index in [0.29, 0.717) is 23.9 Å². The maximum atomic E-state index is 12.5. The molecule has 2 aromatic heterocycles. The number of H-pyrrole nitrogens is 1. The molecule has 2 fully saturated rings. The molecule has 0 atom stereocenters. The third-order valence-corrected chi connectivity index (χ3v) is 5.96. The molecule has 3 heterocycles. The summed E-state index contributed by atoms with van der Waals surface area (Å²) in [6.07, 6.45) is 3.68. The number of hydrogen-bond acceptors (Lipinski definition) is 5. The number of amides is 1. The van der Waals surface area contributed by atoms with Gasteiger partial charge in [-0.2, -0.15) is 0 Å². The third-order valence-electron chi connectivity index (χ3n) is 5.96. The van der Waals surface area contributed by atoms with Crippen molar-refractivity contribution in [3.8, 4) is 0 Å². The summed E-state index contributed by atoms with van der Waals surface area (Å²) in [5, 5.41) is 8.19. The van der Waals surface area contributed by atoms with Crippen molar-refractivity contribution in [3.63, 3.8) is 0 Å². The van der Waals surface area contributed by atoms with E-state index in [1.807, 2.05) is 24.0 Å². The van der Waals surface area contributed by atoms with Crippen LogP contribution in [0.4, 0.5) is 0 Å². The molecule has 1 aliphatic heterocycles. The molecule has 29 heavy (non-hydrogen) atoms. The van der Waals surface area contributed by atoms with Crippen LogP contribution >= 0.6 is 0 Å². The molecule has 1 saturated heterocycles. The van der Waals surface area contributed by atoms with E-state index < -0.39 is 0 Å². The molecule has 2 aliphatic rings. The SMILES string of the molecule is Cc1ccc(Cn2nnc3c(=O)[nH]c(C4CCN(C(=O)C5CC5)CC4)nc32)cc1. The summed E-state index contributed by atoms with van der Waals surface area (Å²) >= 11 is 0. The molecule has 8 heteroatoms. The Morgan fingerprint density at radius 3 is 2.55 bits per heavy atom. The fraction of sp³-hybridized carbons (Fsp3) is 0.476. The fourth-order valence-electron chi connectivity index (χ4n) is 4.01. The van der Waals surface area contributed by atoms with Gasteiger partial charge in [-0.3, -0.25) is 9.59 Å². The third kappa shape index (κ3) is 3.54. The molecule has 1 N–H and O–H groups in total. The minimum atomic E-state index is -0.253. The molecule has 150 valence electrons. The minimum Gasteiger partial charge on any atom is -0.342 e. The Morgan fingerprint density at radius 1 is 1.14 bits per heavy atom. The molecule has 1 aromatic carbocycles. The maximum absolute atomic E-state index is 12.5. The molecule has 0 unspecified atom stereocenters. The topological polar surface area (TPSA) is 96.8 Å². The second kappa shape index (κ2) is 7.09. The lowest BCUT2D eigenvalue weighted by atomic mass is 9.95. The van der Waals surface area contributed by atoms with E-state index in [1.54, 1.807) is 4.68 Å². The molecule has 8 nitrogen and oxygen atoms in total. The summed E-state index contributed by atoms with van der Waals surface area (Å²) in [6, 6.07) is 8.20.